The minimum Gasteiger partial charge on any atom is -0.459 e. The standard InChI is InChI=1S/C47H55FN2O8/c1-3-24-55-47-43(50(46(54)33-16-17-33)29-31-14-18-35(48)19-15-31)28-41(49-56-4-2)39-26-34(11-5-7-22-51)38(13-6-8-23-52)44(45(39)47)40-27-37(20-21-42(40)58-47)57-36-12-9-10-32(25-36)30-53/h3,9-10,12,14-15,18-21,25-27,30,33-34,38,43-45,51-52H,1,4-8,11,13,16-17,22-24,28-29H2,2H3. The molecule has 0 aromatic heterocycles. The van der Waals surface area contributed by atoms with Crippen molar-refractivity contribution >= 4 is 17.9 Å². The molecule has 4 aliphatic rings. The second-order valence-electron chi connectivity index (χ2n) is 15.8. The molecule has 3 aromatic rings. The second kappa shape index (κ2) is 18.8. The number of carbonyl (C=O) groups excluding carboxylic acids is 2. The fourth-order valence-electron chi connectivity index (χ4n) is 9.33. The van der Waals surface area contributed by atoms with Gasteiger partial charge in [0.1, 0.15) is 42.0 Å². The lowest BCUT2D eigenvalue weighted by molar-refractivity contribution is -0.258. The molecule has 3 aliphatic carbocycles. The van der Waals surface area contributed by atoms with E-state index in [1.54, 1.807) is 36.4 Å². The first-order chi connectivity index (χ1) is 28.3. The maximum Gasteiger partial charge on any atom is 0.239 e. The Hall–Kier alpha value is -4.84. The van der Waals surface area contributed by atoms with Crippen LogP contribution in [0.15, 0.2) is 96.2 Å². The number of rotatable bonds is 20. The van der Waals surface area contributed by atoms with Gasteiger partial charge >= 0.3 is 0 Å². The van der Waals surface area contributed by atoms with E-state index >= 15 is 0 Å². The number of aldehydes is 1. The average molecular weight is 795 g/mol. The highest BCUT2D eigenvalue weighted by Gasteiger charge is 2.66. The van der Waals surface area contributed by atoms with Crippen LogP contribution in [-0.2, 0) is 20.9 Å². The van der Waals surface area contributed by atoms with Gasteiger partial charge < -0.3 is 34.2 Å². The second-order valence-corrected chi connectivity index (χ2v) is 15.8. The number of amides is 1. The van der Waals surface area contributed by atoms with Crippen LogP contribution < -0.4 is 9.47 Å². The number of nitrogens with zero attached hydrogens (tertiary/aromatic N) is 2. The molecule has 58 heavy (non-hydrogen) atoms. The number of allylic oxidation sites excluding steroid dienone is 1. The van der Waals surface area contributed by atoms with Crippen molar-refractivity contribution in [3.05, 3.63) is 114 Å². The van der Waals surface area contributed by atoms with Crippen LogP contribution >= 0.6 is 0 Å². The van der Waals surface area contributed by atoms with E-state index in [4.69, 9.17) is 24.2 Å². The van der Waals surface area contributed by atoms with Crippen molar-refractivity contribution in [3.63, 3.8) is 0 Å². The molecule has 7 rings (SSSR count). The third-order valence-corrected chi connectivity index (χ3v) is 12.0. The summed E-state index contributed by atoms with van der Waals surface area (Å²) in [5.74, 6) is -0.787. The first kappa shape index (κ1) is 41.3. The smallest absolute Gasteiger partial charge is 0.239 e. The van der Waals surface area contributed by atoms with Crippen LogP contribution in [0.25, 0.3) is 0 Å². The lowest BCUT2D eigenvalue weighted by Crippen LogP contribution is -2.70. The topological polar surface area (TPSA) is 127 Å². The molecular weight excluding hydrogens is 740 g/mol. The Kier molecular flexibility index (Phi) is 13.4. The number of carbonyl (C=O) groups is 2. The van der Waals surface area contributed by atoms with E-state index < -0.39 is 17.7 Å². The first-order valence-electron chi connectivity index (χ1n) is 20.8. The summed E-state index contributed by atoms with van der Waals surface area (Å²) in [6, 6.07) is 18.4. The van der Waals surface area contributed by atoms with Crippen molar-refractivity contribution < 1.29 is 43.2 Å². The van der Waals surface area contributed by atoms with Crippen molar-refractivity contribution in [3.8, 4) is 17.2 Å². The fourth-order valence-corrected chi connectivity index (χ4v) is 9.33. The summed E-state index contributed by atoms with van der Waals surface area (Å²) in [7, 11) is 0. The number of benzene rings is 3. The summed E-state index contributed by atoms with van der Waals surface area (Å²) in [6.07, 6.45) is 11.2. The Labute approximate surface area is 340 Å². The molecule has 0 saturated heterocycles. The van der Waals surface area contributed by atoms with Crippen molar-refractivity contribution in [2.24, 2.45) is 28.8 Å². The number of fused-ring (bicyclic) bond motifs is 2. The molecule has 0 radical (unpaired) electrons. The quantitative estimate of drug-likeness (QED) is 0.0505. The molecule has 1 heterocycles. The van der Waals surface area contributed by atoms with Gasteiger partial charge in [-0.15, -0.1) is 6.58 Å². The van der Waals surface area contributed by atoms with Gasteiger partial charge in [-0.1, -0.05) is 54.4 Å². The van der Waals surface area contributed by atoms with Crippen molar-refractivity contribution in [2.75, 3.05) is 26.4 Å². The number of oxime groups is 1. The molecule has 6 atom stereocenters. The minimum absolute atomic E-state index is 0.0106. The van der Waals surface area contributed by atoms with Gasteiger partial charge in [0.25, 0.3) is 0 Å². The number of hydrogen-bond donors (Lipinski definition) is 2. The molecule has 0 spiro atoms. The van der Waals surface area contributed by atoms with Crippen LogP contribution in [0.1, 0.15) is 92.1 Å². The van der Waals surface area contributed by atoms with Crippen molar-refractivity contribution in [1.82, 2.24) is 4.90 Å². The van der Waals surface area contributed by atoms with Gasteiger partial charge in [-0.05, 0) is 111 Å². The van der Waals surface area contributed by atoms with Gasteiger partial charge in [0.05, 0.1) is 18.2 Å². The van der Waals surface area contributed by atoms with Crippen LogP contribution in [0.2, 0.25) is 0 Å². The monoisotopic (exact) mass is 794 g/mol. The Morgan fingerprint density at radius 1 is 1.02 bits per heavy atom. The molecule has 2 N–H and O–H groups in total. The van der Waals surface area contributed by atoms with E-state index in [-0.39, 0.29) is 68.2 Å². The zero-order valence-electron chi connectivity index (χ0n) is 33.3. The molecule has 308 valence electrons. The highest BCUT2D eigenvalue weighted by molar-refractivity contribution is 6.03. The fraction of sp³-hybridized carbons (Fsp3) is 0.468. The number of halogens is 1. The van der Waals surface area contributed by atoms with Crippen LogP contribution in [-0.4, -0.2) is 71.3 Å². The largest absolute Gasteiger partial charge is 0.459 e. The summed E-state index contributed by atoms with van der Waals surface area (Å²) in [5.41, 5.74) is 3.87. The number of aliphatic hydroxyl groups excluding tert-OH is 2. The third kappa shape index (κ3) is 8.77. The summed E-state index contributed by atoms with van der Waals surface area (Å²) < 4.78 is 35.0. The van der Waals surface area contributed by atoms with Gasteiger partial charge in [0.2, 0.25) is 11.7 Å². The van der Waals surface area contributed by atoms with E-state index in [9.17, 15) is 24.2 Å². The van der Waals surface area contributed by atoms with Gasteiger partial charge in [-0.2, -0.15) is 0 Å². The van der Waals surface area contributed by atoms with Gasteiger partial charge in [-0.25, -0.2) is 4.39 Å². The predicted molar refractivity (Wildman–Crippen MR) is 218 cm³/mol. The zero-order valence-corrected chi connectivity index (χ0v) is 33.3. The normalized spacial score (nSPS) is 25.1. The lowest BCUT2D eigenvalue weighted by atomic mass is 9.55. The number of unbranched alkanes of at least 4 members (excludes halogenated alkanes) is 2. The average Bonchev–Trinajstić information content (AvgIpc) is 4.09. The van der Waals surface area contributed by atoms with Gasteiger partial charge in [0, 0.05) is 49.1 Å². The highest BCUT2D eigenvalue weighted by Crippen LogP contribution is 2.62. The van der Waals surface area contributed by atoms with E-state index in [0.717, 1.165) is 67.2 Å². The Morgan fingerprint density at radius 2 is 1.78 bits per heavy atom. The van der Waals surface area contributed by atoms with E-state index in [0.29, 0.717) is 42.3 Å². The van der Waals surface area contributed by atoms with Crippen molar-refractivity contribution in [2.45, 2.75) is 89.0 Å². The predicted octanol–water partition coefficient (Wildman–Crippen LogP) is 8.52. The minimum atomic E-state index is -1.40. The molecule has 3 aromatic carbocycles. The van der Waals surface area contributed by atoms with E-state index in [1.807, 2.05) is 36.1 Å². The van der Waals surface area contributed by atoms with Gasteiger partial charge in [-0.3, -0.25) is 9.59 Å². The molecule has 2 saturated carbocycles. The third-order valence-electron chi connectivity index (χ3n) is 12.0. The highest BCUT2D eigenvalue weighted by atomic mass is 19.1. The first-order valence-corrected chi connectivity index (χ1v) is 20.8. The lowest BCUT2D eigenvalue weighted by Gasteiger charge is -2.60. The molecule has 11 heteroatoms. The molecule has 1 amide bonds. The summed E-state index contributed by atoms with van der Waals surface area (Å²) in [5, 5.41) is 24.5. The Bertz CT molecular complexity index is 1980. The SMILES string of the molecule is C=CCOC12Oc3ccc(Oc4cccc(C=O)c4)cc3C3C(CCCCO)C(CCCCO)C=C(C(=NOCC)CC1N(Cc1ccc(F)cc1)C(=O)C1CC1)C32. The van der Waals surface area contributed by atoms with Crippen LogP contribution in [0.4, 0.5) is 4.39 Å². The zero-order chi connectivity index (χ0) is 40.6. The van der Waals surface area contributed by atoms with Crippen molar-refractivity contribution in [1.29, 1.82) is 0 Å². The molecule has 10 nitrogen and oxygen atoms in total. The van der Waals surface area contributed by atoms with Crippen LogP contribution in [0.5, 0.6) is 17.2 Å². The molecule has 6 unspecified atom stereocenters. The van der Waals surface area contributed by atoms with Crippen LogP contribution in [0, 0.1) is 29.5 Å². The van der Waals surface area contributed by atoms with Gasteiger partial charge in [0.15, 0.2) is 0 Å². The van der Waals surface area contributed by atoms with E-state index in [1.165, 1.54) is 12.1 Å². The van der Waals surface area contributed by atoms with E-state index in [2.05, 4.69) is 12.7 Å². The number of aliphatic hydroxyl groups is 2. The van der Waals surface area contributed by atoms with Crippen LogP contribution in [0.3, 0.4) is 0 Å². The number of ether oxygens (including phenoxy) is 3. The Balaban J connectivity index is 1.44. The summed E-state index contributed by atoms with van der Waals surface area (Å²) in [6.45, 7) is 6.79. The summed E-state index contributed by atoms with van der Waals surface area (Å²) >= 11 is 0. The maximum atomic E-state index is 14.6. The summed E-state index contributed by atoms with van der Waals surface area (Å²) in [4.78, 5) is 34.0. The molecule has 2 fully saturated rings. The molecule has 1 aliphatic heterocycles. The maximum absolute atomic E-state index is 14.6. The molecular formula is C47H55FN2O8. The molecule has 0 bridgehead atoms. The Morgan fingerprint density at radius 3 is 2.48 bits per heavy atom. The number of hydrogen-bond acceptors (Lipinski definition) is 9.